The second-order valence-corrected chi connectivity index (χ2v) is 8.41. The topological polar surface area (TPSA) is 71.8 Å². The van der Waals surface area contributed by atoms with Gasteiger partial charge in [0.25, 0.3) is 0 Å². The van der Waals surface area contributed by atoms with Crippen LogP contribution < -0.4 is 10.7 Å². The van der Waals surface area contributed by atoms with Crippen LogP contribution in [0.5, 0.6) is 0 Å². The van der Waals surface area contributed by atoms with Crippen LogP contribution in [0.1, 0.15) is 28.6 Å². The van der Waals surface area contributed by atoms with E-state index in [-0.39, 0.29) is 11.9 Å². The van der Waals surface area contributed by atoms with Crippen molar-refractivity contribution in [1.82, 2.24) is 14.9 Å². The van der Waals surface area contributed by atoms with Crippen LogP contribution in [0, 0.1) is 20.8 Å². The highest BCUT2D eigenvalue weighted by atomic mass is 35.5. The zero-order valence-corrected chi connectivity index (χ0v) is 17.3. The van der Waals surface area contributed by atoms with Gasteiger partial charge in [-0.15, -0.1) is 10.2 Å². The lowest BCUT2D eigenvalue weighted by Crippen LogP contribution is -2.41. The largest absolute Gasteiger partial charge is 0.325 e. The zero-order valence-electron chi connectivity index (χ0n) is 15.7. The smallest absolute Gasteiger partial charge is 0.240 e. The van der Waals surface area contributed by atoms with Gasteiger partial charge in [-0.05, 0) is 50.1 Å². The van der Waals surface area contributed by atoms with Crippen molar-refractivity contribution in [2.75, 3.05) is 10.7 Å². The Bertz CT molecular complexity index is 1030. The maximum atomic E-state index is 13.2. The fourth-order valence-electron chi connectivity index (χ4n) is 3.24. The molecule has 0 radical (unpaired) electrons. The number of rotatable bonds is 3. The third-order valence-electron chi connectivity index (χ3n) is 4.73. The molecule has 0 bridgehead atoms. The Morgan fingerprint density at radius 1 is 1.14 bits per heavy atom. The third kappa shape index (κ3) is 3.59. The predicted octanol–water partition coefficient (Wildman–Crippen LogP) is 4.25. The van der Waals surface area contributed by atoms with Crippen molar-refractivity contribution in [2.24, 2.45) is 0 Å². The monoisotopic (exact) mass is 413 g/mol. The lowest BCUT2D eigenvalue weighted by Gasteiger charge is -2.32. The second-order valence-electron chi connectivity index (χ2n) is 6.87. The number of fused-ring (bicyclic) bond motifs is 1. The summed E-state index contributed by atoms with van der Waals surface area (Å²) < 4.78 is 1.82. The molecule has 4 rings (SSSR count). The Hall–Kier alpha value is -2.51. The molecule has 1 aliphatic heterocycles. The minimum Gasteiger partial charge on any atom is -0.325 e. The molecule has 2 N–H and O–H groups in total. The lowest BCUT2D eigenvalue weighted by molar-refractivity contribution is -0.116. The van der Waals surface area contributed by atoms with E-state index in [1.165, 1.54) is 11.8 Å². The van der Waals surface area contributed by atoms with E-state index in [0.29, 0.717) is 10.2 Å². The Morgan fingerprint density at radius 2 is 1.89 bits per heavy atom. The molecular weight excluding hydrogens is 394 g/mol. The quantitative estimate of drug-likeness (QED) is 0.671. The van der Waals surface area contributed by atoms with Crippen molar-refractivity contribution in [1.29, 1.82) is 0 Å². The van der Waals surface area contributed by atoms with Crippen LogP contribution in [0.2, 0.25) is 5.02 Å². The lowest BCUT2D eigenvalue weighted by atomic mass is 10.0. The summed E-state index contributed by atoms with van der Waals surface area (Å²) in [5, 5.41) is 12.3. The van der Waals surface area contributed by atoms with Gasteiger partial charge < -0.3 is 10.7 Å². The Morgan fingerprint density at radius 3 is 2.61 bits per heavy atom. The van der Waals surface area contributed by atoms with Crippen LogP contribution in [0.15, 0.2) is 47.6 Å². The third-order valence-corrected chi connectivity index (χ3v) is 6.19. The summed E-state index contributed by atoms with van der Waals surface area (Å²) in [6.07, 6.45) is 0. The van der Waals surface area contributed by atoms with E-state index in [0.717, 1.165) is 28.2 Å². The van der Waals surface area contributed by atoms with Crippen molar-refractivity contribution in [2.45, 2.75) is 37.2 Å². The average Bonchev–Trinajstić information content (AvgIpc) is 3.04. The van der Waals surface area contributed by atoms with Crippen molar-refractivity contribution in [3.63, 3.8) is 0 Å². The summed E-state index contributed by atoms with van der Waals surface area (Å²) in [5.41, 5.74) is 7.36. The molecule has 2 atom stereocenters. The minimum atomic E-state index is -0.419. The Balaban J connectivity index is 1.67. The van der Waals surface area contributed by atoms with Gasteiger partial charge in [-0.3, -0.25) is 4.79 Å². The Kier molecular flexibility index (Phi) is 5.03. The van der Waals surface area contributed by atoms with Crippen molar-refractivity contribution < 1.29 is 4.79 Å². The molecule has 0 unspecified atom stereocenters. The Labute approximate surface area is 172 Å². The molecule has 1 aromatic heterocycles. The summed E-state index contributed by atoms with van der Waals surface area (Å²) in [6, 6.07) is 13.3. The number of aromatic nitrogens is 3. The zero-order chi connectivity index (χ0) is 19.8. The molecule has 0 saturated carbocycles. The SMILES string of the molecule is Cc1ccc(NC(=O)[C@H]2Sc3nnc(C)n3N[C@H]2c2ccc(Cl)cc2)c(C)c1. The van der Waals surface area contributed by atoms with Crippen LogP contribution in [0.25, 0.3) is 0 Å². The predicted molar refractivity (Wildman–Crippen MR) is 113 cm³/mol. The summed E-state index contributed by atoms with van der Waals surface area (Å²) in [5.74, 6) is 0.658. The molecule has 0 aliphatic carbocycles. The van der Waals surface area contributed by atoms with Crippen LogP contribution >= 0.6 is 23.4 Å². The van der Waals surface area contributed by atoms with Crippen molar-refractivity contribution >= 4 is 35.0 Å². The fraction of sp³-hybridized carbons (Fsp3) is 0.250. The number of carbonyl (C=O) groups excluding carboxylic acids is 1. The maximum Gasteiger partial charge on any atom is 0.240 e. The number of thioether (sulfide) groups is 1. The molecule has 0 fully saturated rings. The molecule has 8 heteroatoms. The van der Waals surface area contributed by atoms with Gasteiger partial charge in [0.1, 0.15) is 11.1 Å². The average molecular weight is 414 g/mol. The van der Waals surface area contributed by atoms with Gasteiger partial charge in [0.15, 0.2) is 0 Å². The number of anilines is 1. The molecule has 2 heterocycles. The summed E-state index contributed by atoms with van der Waals surface area (Å²) in [6.45, 7) is 5.90. The molecule has 1 aliphatic rings. The summed E-state index contributed by atoms with van der Waals surface area (Å²) in [7, 11) is 0. The molecule has 6 nitrogen and oxygen atoms in total. The van der Waals surface area contributed by atoms with Crippen molar-refractivity contribution in [3.8, 4) is 0 Å². The standard InChI is InChI=1S/C20H20ClN5OS/c1-11-4-9-16(12(2)10-11)22-19(27)18-17(14-5-7-15(21)8-6-14)25-26-13(3)23-24-20(26)28-18/h4-10,17-18,25H,1-3H3,(H,22,27)/t17-,18-/m0/s1. The number of hydrogen-bond acceptors (Lipinski definition) is 5. The molecular formula is C20H20ClN5OS. The molecule has 1 amide bonds. The van der Waals surface area contributed by atoms with Gasteiger partial charge in [0, 0.05) is 10.7 Å². The van der Waals surface area contributed by atoms with Crippen LogP contribution in [-0.2, 0) is 4.79 Å². The van der Waals surface area contributed by atoms with Crippen molar-refractivity contribution in [3.05, 3.63) is 70.0 Å². The molecule has 3 aromatic rings. The number of nitrogens with zero attached hydrogens (tertiary/aromatic N) is 3. The van der Waals surface area contributed by atoms with Gasteiger partial charge in [-0.25, -0.2) is 4.68 Å². The summed E-state index contributed by atoms with van der Waals surface area (Å²) in [4.78, 5) is 13.2. The molecule has 0 spiro atoms. The summed E-state index contributed by atoms with van der Waals surface area (Å²) >= 11 is 7.45. The molecule has 28 heavy (non-hydrogen) atoms. The number of amides is 1. The van der Waals surface area contributed by atoms with Gasteiger partial charge in [0.05, 0.1) is 6.04 Å². The molecule has 2 aromatic carbocycles. The first kappa shape index (κ1) is 18.8. The number of nitrogens with one attached hydrogen (secondary N) is 2. The number of carbonyl (C=O) groups is 1. The van der Waals surface area contributed by atoms with Gasteiger partial charge in [-0.2, -0.15) is 0 Å². The number of hydrogen-bond donors (Lipinski definition) is 2. The first-order valence-corrected chi connectivity index (χ1v) is 10.2. The molecule has 144 valence electrons. The highest BCUT2D eigenvalue weighted by Gasteiger charge is 2.37. The highest BCUT2D eigenvalue weighted by molar-refractivity contribution is 8.00. The van der Waals surface area contributed by atoms with Crippen LogP contribution in [0.4, 0.5) is 5.69 Å². The van der Waals surface area contributed by atoms with Crippen LogP contribution in [-0.4, -0.2) is 26.0 Å². The van der Waals surface area contributed by atoms with Gasteiger partial charge in [0.2, 0.25) is 11.1 Å². The van der Waals surface area contributed by atoms with E-state index in [9.17, 15) is 4.79 Å². The molecule has 0 saturated heterocycles. The number of halogens is 1. The van der Waals surface area contributed by atoms with E-state index in [2.05, 4.69) is 27.0 Å². The van der Waals surface area contributed by atoms with E-state index >= 15 is 0 Å². The first-order chi connectivity index (χ1) is 13.4. The van der Waals surface area contributed by atoms with E-state index < -0.39 is 5.25 Å². The van der Waals surface area contributed by atoms with E-state index in [1.807, 2.05) is 61.8 Å². The first-order valence-electron chi connectivity index (χ1n) is 8.91. The van der Waals surface area contributed by atoms with Gasteiger partial charge in [-0.1, -0.05) is 53.2 Å². The normalized spacial score (nSPS) is 18.3. The maximum absolute atomic E-state index is 13.2. The van der Waals surface area contributed by atoms with Gasteiger partial charge >= 0.3 is 0 Å². The minimum absolute atomic E-state index is 0.0868. The second kappa shape index (κ2) is 7.48. The number of aryl methyl sites for hydroxylation is 3. The van der Waals surface area contributed by atoms with E-state index in [4.69, 9.17) is 11.6 Å². The highest BCUT2D eigenvalue weighted by Crippen LogP contribution is 2.37. The van der Waals surface area contributed by atoms with E-state index in [1.54, 1.807) is 0 Å². The number of benzene rings is 2. The van der Waals surface area contributed by atoms with Crippen LogP contribution in [0.3, 0.4) is 0 Å². The fourth-order valence-corrected chi connectivity index (χ4v) is 4.49.